The van der Waals surface area contributed by atoms with Gasteiger partial charge in [-0.3, -0.25) is 4.98 Å². The first-order chi connectivity index (χ1) is 7.29. The molecule has 0 saturated heterocycles. The van der Waals surface area contributed by atoms with Gasteiger partial charge in [0.1, 0.15) is 0 Å². The van der Waals surface area contributed by atoms with Crippen molar-refractivity contribution in [3.8, 4) is 0 Å². The molecule has 0 spiro atoms. The number of aryl methyl sites for hydroxylation is 1. The zero-order valence-electron chi connectivity index (χ0n) is 9.79. The highest BCUT2D eigenvalue weighted by molar-refractivity contribution is 5.25. The fourth-order valence-corrected chi connectivity index (χ4v) is 1.58. The summed E-state index contributed by atoms with van der Waals surface area (Å²) in [5, 5.41) is 3.41. The maximum Gasteiger partial charge on any atom is 0.0661 e. The average molecular weight is 208 g/mol. The molecule has 1 heterocycles. The summed E-state index contributed by atoms with van der Waals surface area (Å²) >= 11 is 0. The van der Waals surface area contributed by atoms with E-state index in [1.54, 1.807) is 0 Å². The van der Waals surface area contributed by atoms with E-state index in [4.69, 9.17) is 4.74 Å². The van der Waals surface area contributed by atoms with Crippen LogP contribution in [0.2, 0.25) is 0 Å². The molecule has 1 unspecified atom stereocenters. The first-order valence-corrected chi connectivity index (χ1v) is 5.51. The van der Waals surface area contributed by atoms with Gasteiger partial charge in [0.25, 0.3) is 0 Å². The highest BCUT2D eigenvalue weighted by Crippen LogP contribution is 2.16. The van der Waals surface area contributed by atoms with E-state index in [2.05, 4.69) is 24.1 Å². The highest BCUT2D eigenvalue weighted by atomic mass is 16.5. The number of nitrogens with zero attached hydrogens (tertiary/aromatic N) is 1. The lowest BCUT2D eigenvalue weighted by molar-refractivity contribution is 0.123. The van der Waals surface area contributed by atoms with Crippen LogP contribution in [0.3, 0.4) is 0 Å². The van der Waals surface area contributed by atoms with Crippen molar-refractivity contribution in [2.24, 2.45) is 0 Å². The van der Waals surface area contributed by atoms with Gasteiger partial charge in [0, 0.05) is 19.0 Å². The molecule has 1 atom stereocenters. The predicted octanol–water partition coefficient (Wildman–Crippen LogP) is 2.08. The molecule has 0 aromatic carbocycles. The van der Waals surface area contributed by atoms with E-state index in [0.29, 0.717) is 6.61 Å². The molecule has 0 aliphatic heterocycles. The second-order valence-corrected chi connectivity index (χ2v) is 3.50. The third kappa shape index (κ3) is 3.61. The van der Waals surface area contributed by atoms with Crippen LogP contribution in [0, 0.1) is 6.92 Å². The van der Waals surface area contributed by atoms with Gasteiger partial charge in [0.2, 0.25) is 0 Å². The third-order valence-electron chi connectivity index (χ3n) is 2.39. The molecule has 1 rings (SSSR count). The predicted molar refractivity (Wildman–Crippen MR) is 61.9 cm³/mol. The minimum Gasteiger partial charge on any atom is -0.380 e. The Balaban J connectivity index is 2.74. The maximum atomic E-state index is 5.47. The molecule has 3 nitrogen and oxygen atoms in total. The molecule has 0 bridgehead atoms. The maximum absolute atomic E-state index is 5.47. The summed E-state index contributed by atoms with van der Waals surface area (Å²) in [5.74, 6) is 0. The van der Waals surface area contributed by atoms with E-state index in [1.165, 1.54) is 11.1 Å². The Labute approximate surface area is 91.9 Å². The van der Waals surface area contributed by atoms with E-state index in [-0.39, 0.29) is 6.04 Å². The first kappa shape index (κ1) is 12.1. The lowest BCUT2D eigenvalue weighted by atomic mass is 10.0. The third-order valence-corrected chi connectivity index (χ3v) is 2.39. The fraction of sp³-hybridized carbons (Fsp3) is 0.583. The van der Waals surface area contributed by atoms with Crippen molar-refractivity contribution in [3.63, 3.8) is 0 Å². The smallest absolute Gasteiger partial charge is 0.0661 e. The van der Waals surface area contributed by atoms with Gasteiger partial charge in [0.05, 0.1) is 12.6 Å². The van der Waals surface area contributed by atoms with Gasteiger partial charge in [-0.05, 0) is 37.6 Å². The number of ether oxygens (including phenoxy) is 1. The fourth-order valence-electron chi connectivity index (χ4n) is 1.58. The number of nitrogens with one attached hydrogen (secondary N) is 1. The van der Waals surface area contributed by atoms with E-state index >= 15 is 0 Å². The Morgan fingerprint density at radius 1 is 1.47 bits per heavy atom. The van der Waals surface area contributed by atoms with Crippen LogP contribution in [-0.2, 0) is 4.74 Å². The van der Waals surface area contributed by atoms with Crippen LogP contribution in [-0.4, -0.2) is 24.7 Å². The van der Waals surface area contributed by atoms with Gasteiger partial charge in [-0.15, -0.1) is 0 Å². The largest absolute Gasteiger partial charge is 0.380 e. The van der Waals surface area contributed by atoms with Crippen LogP contribution in [0.1, 0.15) is 31.0 Å². The summed E-state index contributed by atoms with van der Waals surface area (Å²) in [6.07, 6.45) is 3.74. The molecule has 1 aromatic rings. The van der Waals surface area contributed by atoms with Crippen LogP contribution in [0.5, 0.6) is 0 Å². The van der Waals surface area contributed by atoms with E-state index in [0.717, 1.165) is 13.2 Å². The first-order valence-electron chi connectivity index (χ1n) is 5.51. The minimum absolute atomic E-state index is 0.253. The molecule has 0 amide bonds. The molecule has 0 fully saturated rings. The molecular weight excluding hydrogens is 188 g/mol. The van der Waals surface area contributed by atoms with Crippen LogP contribution in [0.15, 0.2) is 18.5 Å². The second-order valence-electron chi connectivity index (χ2n) is 3.50. The minimum atomic E-state index is 0.253. The lowest BCUT2D eigenvalue weighted by Crippen LogP contribution is -2.26. The summed E-state index contributed by atoms with van der Waals surface area (Å²) in [6.45, 7) is 8.61. The number of hydrogen-bond donors (Lipinski definition) is 1. The van der Waals surface area contributed by atoms with Gasteiger partial charge in [0.15, 0.2) is 0 Å². The molecule has 1 N–H and O–H groups in total. The van der Waals surface area contributed by atoms with Crippen molar-refractivity contribution in [1.82, 2.24) is 10.3 Å². The van der Waals surface area contributed by atoms with Crippen molar-refractivity contribution < 1.29 is 4.74 Å². The molecule has 3 heteroatoms. The van der Waals surface area contributed by atoms with Crippen LogP contribution >= 0.6 is 0 Å². The number of hydrogen-bond acceptors (Lipinski definition) is 3. The van der Waals surface area contributed by atoms with Crippen LogP contribution in [0.25, 0.3) is 0 Å². The number of likely N-dealkylation sites (N-methyl/N-ethyl adjacent to an activating group) is 1. The molecule has 84 valence electrons. The Kier molecular flexibility index (Phi) is 5.29. The summed E-state index contributed by atoms with van der Waals surface area (Å²) in [7, 11) is 0. The highest BCUT2D eigenvalue weighted by Gasteiger charge is 2.12. The van der Waals surface area contributed by atoms with E-state index < -0.39 is 0 Å². The van der Waals surface area contributed by atoms with Crippen molar-refractivity contribution in [1.29, 1.82) is 0 Å². The average Bonchev–Trinajstić information content (AvgIpc) is 2.25. The quantitative estimate of drug-likeness (QED) is 0.777. The summed E-state index contributed by atoms with van der Waals surface area (Å²) < 4.78 is 5.47. The van der Waals surface area contributed by atoms with Gasteiger partial charge >= 0.3 is 0 Å². The van der Waals surface area contributed by atoms with Crippen molar-refractivity contribution >= 4 is 0 Å². The summed E-state index contributed by atoms with van der Waals surface area (Å²) in [4.78, 5) is 4.16. The summed E-state index contributed by atoms with van der Waals surface area (Å²) in [5.41, 5.74) is 2.49. The molecule has 0 saturated carbocycles. The Morgan fingerprint density at radius 3 is 2.87 bits per heavy atom. The second kappa shape index (κ2) is 6.53. The van der Waals surface area contributed by atoms with Gasteiger partial charge in [-0.1, -0.05) is 6.92 Å². The Hall–Kier alpha value is -0.930. The molecule has 15 heavy (non-hydrogen) atoms. The van der Waals surface area contributed by atoms with Crippen LogP contribution < -0.4 is 5.32 Å². The van der Waals surface area contributed by atoms with Crippen molar-refractivity contribution in [2.75, 3.05) is 19.8 Å². The lowest BCUT2D eigenvalue weighted by Gasteiger charge is -2.19. The van der Waals surface area contributed by atoms with E-state index in [1.807, 2.05) is 25.4 Å². The molecular formula is C12H20N2O. The molecule has 1 aromatic heterocycles. The number of aromatic nitrogens is 1. The van der Waals surface area contributed by atoms with Gasteiger partial charge in [-0.25, -0.2) is 0 Å². The monoisotopic (exact) mass is 208 g/mol. The standard InChI is InChI=1S/C12H20N2O/c1-4-14-12(9-15-5-2)11-8-13-7-6-10(11)3/h6-8,12,14H,4-5,9H2,1-3H3. The zero-order chi connectivity index (χ0) is 11.1. The van der Waals surface area contributed by atoms with Crippen molar-refractivity contribution in [3.05, 3.63) is 29.6 Å². The zero-order valence-corrected chi connectivity index (χ0v) is 9.79. The topological polar surface area (TPSA) is 34.1 Å². The normalized spacial score (nSPS) is 12.7. The van der Waals surface area contributed by atoms with E-state index in [9.17, 15) is 0 Å². The van der Waals surface area contributed by atoms with Gasteiger partial charge in [-0.2, -0.15) is 0 Å². The molecule has 0 aliphatic carbocycles. The Morgan fingerprint density at radius 2 is 2.27 bits per heavy atom. The number of pyridine rings is 1. The molecule has 0 aliphatic rings. The van der Waals surface area contributed by atoms with Crippen molar-refractivity contribution in [2.45, 2.75) is 26.8 Å². The molecule has 0 radical (unpaired) electrons. The Bertz CT molecular complexity index is 289. The SMILES string of the molecule is CCNC(COCC)c1cnccc1C. The summed E-state index contributed by atoms with van der Waals surface area (Å²) in [6, 6.07) is 2.29. The number of rotatable bonds is 6. The van der Waals surface area contributed by atoms with Crippen LogP contribution in [0.4, 0.5) is 0 Å². The van der Waals surface area contributed by atoms with Gasteiger partial charge < -0.3 is 10.1 Å².